The zero-order chi connectivity index (χ0) is 12.3. The summed E-state index contributed by atoms with van der Waals surface area (Å²) in [5.41, 5.74) is -0.792. The molecule has 2 rings (SSSR count). The minimum atomic E-state index is -1.05. The molecule has 0 aromatic heterocycles. The first-order chi connectivity index (χ1) is 8.18. The summed E-state index contributed by atoms with van der Waals surface area (Å²) in [6.07, 6.45) is 0.748. The Hall–Kier alpha value is -1.73. The van der Waals surface area contributed by atoms with Crippen molar-refractivity contribution in [3.63, 3.8) is 0 Å². The van der Waals surface area contributed by atoms with E-state index in [4.69, 9.17) is 4.74 Å². The number of hydrogen-bond acceptors (Lipinski definition) is 3. The molecule has 1 aliphatic heterocycles. The van der Waals surface area contributed by atoms with Crippen molar-refractivity contribution in [3.8, 4) is 6.07 Å². The number of nitriles is 1. The lowest BCUT2D eigenvalue weighted by Gasteiger charge is -2.29. The number of ketones is 1. The van der Waals surface area contributed by atoms with Gasteiger partial charge in [-0.2, -0.15) is 5.26 Å². The van der Waals surface area contributed by atoms with E-state index < -0.39 is 11.2 Å². The summed E-state index contributed by atoms with van der Waals surface area (Å²) in [5.74, 6) is -0.765. The van der Waals surface area contributed by atoms with Crippen LogP contribution in [0.25, 0.3) is 0 Å². The van der Waals surface area contributed by atoms with Gasteiger partial charge < -0.3 is 4.74 Å². The molecule has 3 nitrogen and oxygen atoms in total. The number of hydrogen-bond donors (Lipinski definition) is 0. The maximum Gasteiger partial charge on any atom is 0.183 e. The van der Waals surface area contributed by atoms with E-state index in [0.717, 1.165) is 0 Å². The quantitative estimate of drug-likeness (QED) is 0.736. The van der Waals surface area contributed by atoms with Crippen molar-refractivity contribution in [2.45, 2.75) is 12.8 Å². The van der Waals surface area contributed by atoms with Crippen LogP contribution in [-0.2, 0) is 4.74 Å². The van der Waals surface area contributed by atoms with Crippen molar-refractivity contribution in [1.29, 1.82) is 5.26 Å². The standard InChI is InChI=1S/C13H12FNO2/c14-11-3-1-2-10(8-11)12(16)13(9-15)4-6-17-7-5-13/h1-3,8H,4-7H2. The van der Waals surface area contributed by atoms with Crippen LogP contribution in [0.2, 0.25) is 0 Å². The molecule has 0 spiro atoms. The molecule has 0 radical (unpaired) electrons. The van der Waals surface area contributed by atoms with Crippen molar-refractivity contribution in [2.75, 3.05) is 13.2 Å². The van der Waals surface area contributed by atoms with Gasteiger partial charge in [0.25, 0.3) is 0 Å². The molecule has 4 heteroatoms. The number of halogens is 1. The van der Waals surface area contributed by atoms with Crippen LogP contribution in [0.3, 0.4) is 0 Å². The number of rotatable bonds is 2. The van der Waals surface area contributed by atoms with E-state index in [2.05, 4.69) is 6.07 Å². The molecule has 0 bridgehead atoms. The van der Waals surface area contributed by atoms with Crippen LogP contribution in [-0.4, -0.2) is 19.0 Å². The summed E-state index contributed by atoms with van der Waals surface area (Å²) in [6.45, 7) is 0.795. The largest absolute Gasteiger partial charge is 0.381 e. The maximum absolute atomic E-state index is 13.1. The number of ether oxygens (including phenoxy) is 1. The Morgan fingerprint density at radius 1 is 1.41 bits per heavy atom. The van der Waals surface area contributed by atoms with E-state index in [1.165, 1.54) is 18.2 Å². The SMILES string of the molecule is N#CC1(C(=O)c2cccc(F)c2)CCOCC1. The third-order valence-corrected chi connectivity index (χ3v) is 3.08. The third kappa shape index (κ3) is 2.20. The third-order valence-electron chi connectivity index (χ3n) is 3.08. The molecule has 17 heavy (non-hydrogen) atoms. The molecular weight excluding hydrogens is 221 g/mol. The maximum atomic E-state index is 13.1. The van der Waals surface area contributed by atoms with Gasteiger partial charge >= 0.3 is 0 Å². The van der Waals surface area contributed by atoms with Crippen molar-refractivity contribution in [2.24, 2.45) is 5.41 Å². The second-order valence-corrected chi connectivity index (χ2v) is 4.15. The molecule has 1 fully saturated rings. The lowest BCUT2D eigenvalue weighted by atomic mass is 9.75. The second-order valence-electron chi connectivity index (χ2n) is 4.15. The van der Waals surface area contributed by atoms with Crippen molar-refractivity contribution >= 4 is 5.78 Å². The van der Waals surface area contributed by atoms with E-state index in [9.17, 15) is 14.4 Å². The highest BCUT2D eigenvalue weighted by Gasteiger charge is 2.40. The fourth-order valence-electron chi connectivity index (χ4n) is 2.02. The van der Waals surface area contributed by atoms with Crippen LogP contribution in [0.5, 0.6) is 0 Å². The second kappa shape index (κ2) is 4.64. The minimum Gasteiger partial charge on any atom is -0.381 e. The molecule has 88 valence electrons. The fraction of sp³-hybridized carbons (Fsp3) is 0.385. The summed E-state index contributed by atoms with van der Waals surface area (Å²) in [4.78, 5) is 12.3. The number of nitrogens with zero attached hydrogens (tertiary/aromatic N) is 1. The Balaban J connectivity index is 2.32. The van der Waals surface area contributed by atoms with Gasteiger partial charge in [0.2, 0.25) is 0 Å². The van der Waals surface area contributed by atoms with Crippen molar-refractivity contribution in [1.82, 2.24) is 0 Å². The predicted molar refractivity (Wildman–Crippen MR) is 58.8 cm³/mol. The number of carbonyl (C=O) groups excluding carboxylic acids is 1. The highest BCUT2D eigenvalue weighted by molar-refractivity contribution is 6.02. The van der Waals surface area contributed by atoms with E-state index in [1.54, 1.807) is 6.07 Å². The van der Waals surface area contributed by atoms with E-state index in [-0.39, 0.29) is 11.3 Å². The molecule has 1 aliphatic rings. The minimum absolute atomic E-state index is 0.258. The summed E-state index contributed by atoms with van der Waals surface area (Å²) < 4.78 is 18.2. The molecular formula is C13H12FNO2. The first kappa shape index (κ1) is 11.7. The van der Waals surface area contributed by atoms with Crippen molar-refractivity contribution in [3.05, 3.63) is 35.6 Å². The molecule has 0 atom stereocenters. The summed E-state index contributed by atoms with van der Waals surface area (Å²) in [7, 11) is 0. The van der Waals surface area contributed by atoms with Crippen LogP contribution in [0, 0.1) is 22.6 Å². The van der Waals surface area contributed by atoms with Crippen LogP contribution in [0.4, 0.5) is 4.39 Å². The van der Waals surface area contributed by atoms with Crippen LogP contribution in [0.1, 0.15) is 23.2 Å². The first-order valence-corrected chi connectivity index (χ1v) is 5.47. The highest BCUT2D eigenvalue weighted by atomic mass is 19.1. The van der Waals surface area contributed by atoms with Crippen LogP contribution >= 0.6 is 0 Å². The number of carbonyl (C=O) groups is 1. The predicted octanol–water partition coefficient (Wildman–Crippen LogP) is 2.33. The lowest BCUT2D eigenvalue weighted by molar-refractivity contribution is 0.0355. The van der Waals surface area contributed by atoms with E-state index >= 15 is 0 Å². The highest BCUT2D eigenvalue weighted by Crippen LogP contribution is 2.33. The van der Waals surface area contributed by atoms with E-state index in [1.807, 2.05) is 0 Å². The van der Waals surface area contributed by atoms with E-state index in [0.29, 0.717) is 26.1 Å². The zero-order valence-electron chi connectivity index (χ0n) is 9.28. The summed E-state index contributed by atoms with van der Waals surface area (Å²) in [6, 6.07) is 7.56. The number of benzene rings is 1. The smallest absolute Gasteiger partial charge is 0.183 e. The molecule has 1 saturated heterocycles. The zero-order valence-corrected chi connectivity index (χ0v) is 9.28. The van der Waals surface area contributed by atoms with Crippen LogP contribution in [0.15, 0.2) is 24.3 Å². The molecule has 1 aromatic carbocycles. The molecule has 1 heterocycles. The Bertz CT molecular complexity index is 473. The fourth-order valence-corrected chi connectivity index (χ4v) is 2.02. The molecule has 1 aromatic rings. The number of Topliss-reactive ketones (excluding diaryl/α,β-unsaturated/α-hetero) is 1. The van der Waals surface area contributed by atoms with Gasteiger partial charge in [0.15, 0.2) is 5.78 Å². The van der Waals surface area contributed by atoms with Crippen molar-refractivity contribution < 1.29 is 13.9 Å². The molecule has 0 unspecified atom stereocenters. The Morgan fingerprint density at radius 3 is 2.71 bits per heavy atom. The molecule has 0 saturated carbocycles. The van der Waals surface area contributed by atoms with Gasteiger partial charge in [-0.25, -0.2) is 4.39 Å². The normalized spacial score (nSPS) is 18.4. The average Bonchev–Trinajstić information content (AvgIpc) is 2.38. The van der Waals surface area contributed by atoms with Gasteiger partial charge in [0.05, 0.1) is 6.07 Å². The lowest BCUT2D eigenvalue weighted by Crippen LogP contribution is -2.36. The first-order valence-electron chi connectivity index (χ1n) is 5.47. The molecule has 0 N–H and O–H groups in total. The topological polar surface area (TPSA) is 50.1 Å². The van der Waals surface area contributed by atoms with Gasteiger partial charge in [-0.1, -0.05) is 12.1 Å². The van der Waals surface area contributed by atoms with Gasteiger partial charge in [0.1, 0.15) is 11.2 Å². The monoisotopic (exact) mass is 233 g/mol. The Kier molecular flexibility index (Phi) is 3.21. The van der Waals surface area contributed by atoms with Gasteiger partial charge in [-0.15, -0.1) is 0 Å². The van der Waals surface area contributed by atoms with Gasteiger partial charge in [-0.3, -0.25) is 4.79 Å². The Morgan fingerprint density at radius 2 is 2.12 bits per heavy atom. The van der Waals surface area contributed by atoms with Gasteiger partial charge in [0, 0.05) is 18.8 Å². The Labute approximate surface area is 98.8 Å². The summed E-state index contributed by atoms with van der Waals surface area (Å²) >= 11 is 0. The average molecular weight is 233 g/mol. The summed E-state index contributed by atoms with van der Waals surface area (Å²) in [5, 5.41) is 9.22. The van der Waals surface area contributed by atoms with Crippen LogP contribution < -0.4 is 0 Å². The van der Waals surface area contributed by atoms with Gasteiger partial charge in [-0.05, 0) is 25.0 Å². The molecule has 0 amide bonds. The molecule has 0 aliphatic carbocycles.